The molecule has 25 heavy (non-hydrogen) atoms. The van der Waals surface area contributed by atoms with Crippen LogP contribution in [-0.2, 0) is 6.42 Å². The van der Waals surface area contributed by atoms with Gasteiger partial charge in [0.2, 0.25) is 0 Å². The second kappa shape index (κ2) is 6.68. The summed E-state index contributed by atoms with van der Waals surface area (Å²) in [4.78, 5) is 2.58. The summed E-state index contributed by atoms with van der Waals surface area (Å²) in [6, 6.07) is 16.2. The number of fused-ring (bicyclic) bond motifs is 1. The molecule has 1 fully saturated rings. The first-order valence-electron chi connectivity index (χ1n) is 9.44. The Morgan fingerprint density at radius 2 is 1.80 bits per heavy atom. The Hall–Kier alpha value is -2.06. The van der Waals surface area contributed by atoms with Crippen LogP contribution in [0.4, 0.5) is 0 Å². The predicted molar refractivity (Wildman–Crippen MR) is 105 cm³/mol. The van der Waals surface area contributed by atoms with E-state index in [1.807, 2.05) is 0 Å². The van der Waals surface area contributed by atoms with E-state index in [1.165, 1.54) is 47.0 Å². The molecule has 2 aromatic carbocycles. The number of aryl methyl sites for hydroxylation is 2. The molecule has 2 heterocycles. The molecule has 1 aromatic heterocycles. The van der Waals surface area contributed by atoms with E-state index in [9.17, 15) is 0 Å². The van der Waals surface area contributed by atoms with E-state index >= 15 is 0 Å². The van der Waals surface area contributed by atoms with Crippen LogP contribution < -0.4 is 0 Å². The zero-order valence-electron chi connectivity index (χ0n) is 15.5. The molecule has 2 nitrogen and oxygen atoms in total. The van der Waals surface area contributed by atoms with Gasteiger partial charge in [0.15, 0.2) is 0 Å². The van der Waals surface area contributed by atoms with Crippen molar-refractivity contribution < 1.29 is 4.42 Å². The van der Waals surface area contributed by atoms with Crippen LogP contribution in [0.1, 0.15) is 36.7 Å². The monoisotopic (exact) mass is 333 g/mol. The van der Waals surface area contributed by atoms with Gasteiger partial charge in [-0.15, -0.1) is 0 Å². The van der Waals surface area contributed by atoms with E-state index in [0.717, 1.165) is 30.4 Å². The van der Waals surface area contributed by atoms with Crippen LogP contribution in [0.15, 0.2) is 46.9 Å². The van der Waals surface area contributed by atoms with E-state index in [1.54, 1.807) is 0 Å². The summed E-state index contributed by atoms with van der Waals surface area (Å²) >= 11 is 0. The lowest BCUT2D eigenvalue weighted by Crippen LogP contribution is -2.28. The van der Waals surface area contributed by atoms with Gasteiger partial charge in [-0.2, -0.15) is 0 Å². The Labute approximate surface area is 150 Å². The molecule has 0 saturated carbocycles. The first-order chi connectivity index (χ1) is 12.1. The Balaban J connectivity index is 1.55. The number of nitrogens with zero attached hydrogens (tertiary/aromatic N) is 1. The average molecular weight is 333 g/mol. The van der Waals surface area contributed by atoms with Crippen molar-refractivity contribution in [2.24, 2.45) is 0 Å². The fourth-order valence-corrected chi connectivity index (χ4v) is 3.90. The van der Waals surface area contributed by atoms with Crippen LogP contribution in [0.5, 0.6) is 0 Å². The first-order valence-corrected chi connectivity index (χ1v) is 9.44. The lowest BCUT2D eigenvalue weighted by atomic mass is 10.00. The highest BCUT2D eigenvalue weighted by Crippen LogP contribution is 2.28. The zero-order chi connectivity index (χ0) is 17.4. The highest BCUT2D eigenvalue weighted by molar-refractivity contribution is 5.84. The van der Waals surface area contributed by atoms with Crippen molar-refractivity contribution >= 4 is 11.0 Å². The summed E-state index contributed by atoms with van der Waals surface area (Å²) in [5.41, 5.74) is 6.21. The van der Waals surface area contributed by atoms with E-state index in [0.29, 0.717) is 0 Å². The Morgan fingerprint density at radius 1 is 1.00 bits per heavy atom. The van der Waals surface area contributed by atoms with Crippen molar-refractivity contribution in [3.63, 3.8) is 0 Å². The van der Waals surface area contributed by atoms with Crippen LogP contribution >= 0.6 is 0 Å². The van der Waals surface area contributed by atoms with E-state index in [4.69, 9.17) is 4.42 Å². The topological polar surface area (TPSA) is 16.4 Å². The van der Waals surface area contributed by atoms with Crippen molar-refractivity contribution in [2.45, 2.75) is 46.1 Å². The third-order valence-electron chi connectivity index (χ3n) is 5.74. The normalized spacial score (nSPS) is 18.3. The van der Waals surface area contributed by atoms with Crippen molar-refractivity contribution in [1.29, 1.82) is 0 Å². The van der Waals surface area contributed by atoms with Gasteiger partial charge in [-0.1, -0.05) is 24.3 Å². The number of likely N-dealkylation sites (tertiary alicyclic amines) is 1. The number of hydrogen-bond donors (Lipinski definition) is 0. The summed E-state index contributed by atoms with van der Waals surface area (Å²) in [6.45, 7) is 9.00. The van der Waals surface area contributed by atoms with E-state index < -0.39 is 0 Å². The maximum atomic E-state index is 6.07. The summed E-state index contributed by atoms with van der Waals surface area (Å²) in [5.74, 6) is 1.10. The van der Waals surface area contributed by atoms with Gasteiger partial charge in [-0.25, -0.2) is 0 Å². The number of hydrogen-bond acceptors (Lipinski definition) is 2. The van der Waals surface area contributed by atoms with Crippen LogP contribution in [0.25, 0.3) is 22.1 Å². The van der Waals surface area contributed by atoms with Crippen molar-refractivity contribution in [3.8, 4) is 11.1 Å². The Morgan fingerprint density at radius 3 is 2.56 bits per heavy atom. The highest BCUT2D eigenvalue weighted by atomic mass is 16.3. The van der Waals surface area contributed by atoms with Gasteiger partial charge in [-0.05, 0) is 80.6 Å². The molecule has 0 unspecified atom stereocenters. The number of rotatable bonds is 4. The maximum absolute atomic E-state index is 6.07. The Kier molecular flexibility index (Phi) is 4.39. The molecule has 0 bridgehead atoms. The van der Waals surface area contributed by atoms with Crippen molar-refractivity contribution in [2.75, 3.05) is 13.1 Å². The number of benzene rings is 2. The van der Waals surface area contributed by atoms with E-state index in [2.05, 4.69) is 68.1 Å². The van der Waals surface area contributed by atoms with Crippen LogP contribution in [0.2, 0.25) is 0 Å². The molecular weight excluding hydrogens is 306 g/mol. The fourth-order valence-electron chi connectivity index (χ4n) is 3.90. The Bertz CT molecular complexity index is 892. The molecule has 0 radical (unpaired) electrons. The lowest BCUT2D eigenvalue weighted by molar-refractivity contribution is 0.266. The second-order valence-corrected chi connectivity index (χ2v) is 7.54. The molecule has 1 aliphatic rings. The molecule has 4 rings (SSSR count). The average Bonchev–Trinajstić information content (AvgIpc) is 3.20. The van der Waals surface area contributed by atoms with Gasteiger partial charge in [0.05, 0.1) is 0 Å². The highest BCUT2D eigenvalue weighted by Gasteiger charge is 2.20. The molecule has 0 N–H and O–H groups in total. The van der Waals surface area contributed by atoms with E-state index in [-0.39, 0.29) is 0 Å². The lowest BCUT2D eigenvalue weighted by Gasteiger charge is -2.19. The minimum Gasteiger partial charge on any atom is -0.461 e. The third kappa shape index (κ3) is 3.36. The summed E-state index contributed by atoms with van der Waals surface area (Å²) in [6.07, 6.45) is 3.66. The van der Waals surface area contributed by atoms with Crippen LogP contribution in [0.3, 0.4) is 0 Å². The minimum absolute atomic E-state index is 0.723. The SMILES string of the molecule is Cc1ccc(-c2ccc3oc(CCN4CCC[C@H]4C)cc3c2)cc1C. The molecule has 130 valence electrons. The molecule has 3 aromatic rings. The summed E-state index contributed by atoms with van der Waals surface area (Å²) in [7, 11) is 0. The van der Waals surface area contributed by atoms with Crippen LogP contribution in [-0.4, -0.2) is 24.0 Å². The molecule has 1 saturated heterocycles. The zero-order valence-corrected chi connectivity index (χ0v) is 15.5. The van der Waals surface area contributed by atoms with Gasteiger partial charge in [0, 0.05) is 24.4 Å². The van der Waals surface area contributed by atoms with Gasteiger partial charge in [0.1, 0.15) is 11.3 Å². The number of furan rings is 1. The van der Waals surface area contributed by atoms with Crippen molar-refractivity contribution in [1.82, 2.24) is 4.90 Å². The molecule has 1 aliphatic heterocycles. The summed E-state index contributed by atoms with van der Waals surface area (Å²) in [5, 5.41) is 1.21. The predicted octanol–water partition coefficient (Wildman–Crippen LogP) is 5.74. The first kappa shape index (κ1) is 16.4. The molecule has 0 aliphatic carbocycles. The van der Waals surface area contributed by atoms with Gasteiger partial charge < -0.3 is 9.32 Å². The summed E-state index contributed by atoms with van der Waals surface area (Å²) < 4.78 is 6.07. The molecule has 1 atom stereocenters. The molecular formula is C23H27NO. The third-order valence-corrected chi connectivity index (χ3v) is 5.74. The van der Waals surface area contributed by atoms with Crippen LogP contribution in [0, 0.1) is 13.8 Å². The van der Waals surface area contributed by atoms with Gasteiger partial charge in [0.25, 0.3) is 0 Å². The smallest absolute Gasteiger partial charge is 0.134 e. The quantitative estimate of drug-likeness (QED) is 0.605. The largest absolute Gasteiger partial charge is 0.461 e. The van der Waals surface area contributed by atoms with Crippen molar-refractivity contribution in [3.05, 3.63) is 59.4 Å². The second-order valence-electron chi connectivity index (χ2n) is 7.54. The molecule has 0 spiro atoms. The molecule has 2 heteroatoms. The molecule has 0 amide bonds. The standard InChI is InChI=1S/C23H27NO/c1-16-6-7-19(13-17(16)2)20-8-9-23-21(14-20)15-22(25-23)10-12-24-11-4-5-18(24)3/h6-9,13-15,18H,4-5,10-12H2,1-3H3/t18-/m1/s1. The van der Waals surface area contributed by atoms with Gasteiger partial charge in [-0.3, -0.25) is 0 Å². The fraction of sp³-hybridized carbons (Fsp3) is 0.391. The minimum atomic E-state index is 0.723. The maximum Gasteiger partial charge on any atom is 0.134 e. The van der Waals surface area contributed by atoms with Gasteiger partial charge >= 0.3 is 0 Å².